The Morgan fingerprint density at radius 1 is 1.07 bits per heavy atom. The summed E-state index contributed by atoms with van der Waals surface area (Å²) in [5, 5.41) is 2.60. The zero-order chi connectivity index (χ0) is 21.0. The second-order valence-corrected chi connectivity index (χ2v) is 6.42. The van der Waals surface area contributed by atoms with Crippen LogP contribution in [0.5, 0.6) is 11.5 Å². The Kier molecular flexibility index (Phi) is 5.81. The first-order valence-corrected chi connectivity index (χ1v) is 8.76. The van der Waals surface area contributed by atoms with Crippen molar-refractivity contribution in [3.8, 4) is 11.5 Å². The molecule has 150 valence electrons. The molecular formula is C21H17F3N2O3. The third kappa shape index (κ3) is 5.54. The maximum absolute atomic E-state index is 12.2. The van der Waals surface area contributed by atoms with Crippen molar-refractivity contribution >= 4 is 23.6 Å². The van der Waals surface area contributed by atoms with Crippen LogP contribution in [0.25, 0.3) is 6.08 Å². The average Bonchev–Trinajstić information content (AvgIpc) is 2.98. The fraction of sp³-hybridized carbons (Fsp3) is 0.190. The number of benzene rings is 2. The molecule has 1 N–H and O–H groups in total. The van der Waals surface area contributed by atoms with Crippen LogP contribution in [-0.2, 0) is 16.0 Å². The number of ketones is 1. The van der Waals surface area contributed by atoms with Crippen LogP contribution in [0.2, 0.25) is 0 Å². The van der Waals surface area contributed by atoms with Crippen molar-refractivity contribution in [2.75, 3.05) is 0 Å². The molecule has 0 spiro atoms. The van der Waals surface area contributed by atoms with Crippen molar-refractivity contribution in [2.45, 2.75) is 25.9 Å². The topological polar surface area (TPSA) is 67.8 Å². The lowest BCUT2D eigenvalue weighted by molar-refractivity contribution is -0.171. The minimum atomic E-state index is -4.79. The van der Waals surface area contributed by atoms with Crippen LogP contribution in [0.1, 0.15) is 24.5 Å². The molecule has 1 amide bonds. The van der Waals surface area contributed by atoms with Gasteiger partial charge in [0.15, 0.2) is 0 Å². The first kappa shape index (κ1) is 20.3. The van der Waals surface area contributed by atoms with E-state index in [1.54, 1.807) is 61.5 Å². The summed E-state index contributed by atoms with van der Waals surface area (Å²) >= 11 is 0. The van der Waals surface area contributed by atoms with E-state index in [0.29, 0.717) is 28.6 Å². The van der Waals surface area contributed by atoms with Crippen LogP contribution in [0.3, 0.4) is 0 Å². The molecule has 1 heterocycles. The van der Waals surface area contributed by atoms with E-state index in [1.807, 2.05) is 0 Å². The summed E-state index contributed by atoms with van der Waals surface area (Å²) < 4.78 is 42.4. The zero-order valence-electron chi connectivity index (χ0n) is 15.4. The van der Waals surface area contributed by atoms with Crippen LogP contribution in [-0.4, -0.2) is 23.7 Å². The molecule has 0 aliphatic carbocycles. The van der Waals surface area contributed by atoms with Gasteiger partial charge >= 0.3 is 6.18 Å². The van der Waals surface area contributed by atoms with E-state index in [0.717, 1.165) is 5.56 Å². The Bertz CT molecular complexity index is 976. The molecule has 2 aromatic rings. The molecule has 5 nitrogen and oxygen atoms in total. The summed E-state index contributed by atoms with van der Waals surface area (Å²) in [6.07, 6.45) is -3.70. The number of ether oxygens (including phenoxy) is 1. The minimum absolute atomic E-state index is 0.0114. The summed E-state index contributed by atoms with van der Waals surface area (Å²) in [6, 6.07) is 13.5. The van der Waals surface area contributed by atoms with Gasteiger partial charge in [0.25, 0.3) is 5.91 Å². The maximum Gasteiger partial charge on any atom is 0.449 e. The summed E-state index contributed by atoms with van der Waals surface area (Å²) in [5.41, 5.74) is 1.73. The Hall–Kier alpha value is -3.42. The van der Waals surface area contributed by atoms with Gasteiger partial charge in [-0.2, -0.15) is 13.2 Å². The summed E-state index contributed by atoms with van der Waals surface area (Å²) in [4.78, 5) is 26.7. The second kappa shape index (κ2) is 8.30. The lowest BCUT2D eigenvalue weighted by Gasteiger charge is -2.08. The molecule has 8 heteroatoms. The number of aliphatic imine (C=N–C) groups is 1. The number of nitrogens with one attached hydrogen (secondary N) is 1. The highest BCUT2D eigenvalue weighted by Crippen LogP contribution is 2.24. The van der Waals surface area contributed by atoms with E-state index < -0.39 is 18.4 Å². The molecule has 0 unspecified atom stereocenters. The van der Waals surface area contributed by atoms with Gasteiger partial charge in [0.05, 0.1) is 0 Å². The van der Waals surface area contributed by atoms with Crippen molar-refractivity contribution in [1.82, 2.24) is 5.32 Å². The van der Waals surface area contributed by atoms with Crippen LogP contribution in [0, 0.1) is 0 Å². The molecule has 0 fully saturated rings. The largest absolute Gasteiger partial charge is 0.457 e. The standard InChI is InChI=1S/C21H17F3N2O3/c1-13-25-18(20(28)26-13)12-15-4-9-17(10-5-15)29-16-7-2-14(3-8-16)6-11-19(27)21(22,23)24/h2-5,7-10,12H,6,11H2,1H3,(H,25,26,28)/b18-12-. The Labute approximate surface area is 164 Å². The molecule has 0 bridgehead atoms. The lowest BCUT2D eigenvalue weighted by Crippen LogP contribution is -2.22. The zero-order valence-corrected chi connectivity index (χ0v) is 15.4. The molecule has 0 atom stereocenters. The Morgan fingerprint density at radius 2 is 1.66 bits per heavy atom. The molecular weight excluding hydrogens is 385 g/mol. The second-order valence-electron chi connectivity index (χ2n) is 6.42. The third-order valence-corrected chi connectivity index (χ3v) is 4.11. The Morgan fingerprint density at radius 3 is 2.17 bits per heavy atom. The number of amidine groups is 1. The number of Topliss-reactive ketones (excluding diaryl/α,β-unsaturated/α-hetero) is 1. The van der Waals surface area contributed by atoms with Crippen molar-refractivity contribution < 1.29 is 27.5 Å². The number of hydrogen-bond donors (Lipinski definition) is 1. The predicted molar refractivity (Wildman–Crippen MR) is 102 cm³/mol. The fourth-order valence-corrected chi connectivity index (χ4v) is 2.64. The van der Waals surface area contributed by atoms with Gasteiger partial charge in [-0.3, -0.25) is 9.59 Å². The van der Waals surface area contributed by atoms with Gasteiger partial charge < -0.3 is 10.1 Å². The van der Waals surface area contributed by atoms with Crippen molar-refractivity contribution in [1.29, 1.82) is 0 Å². The van der Waals surface area contributed by atoms with Gasteiger partial charge in [-0.15, -0.1) is 0 Å². The number of amides is 1. The van der Waals surface area contributed by atoms with Crippen LogP contribution in [0.4, 0.5) is 13.2 Å². The van der Waals surface area contributed by atoms with Crippen LogP contribution in [0.15, 0.2) is 59.2 Å². The number of carbonyl (C=O) groups is 2. The maximum atomic E-state index is 12.2. The SMILES string of the molecule is CC1=N/C(=C\c2ccc(Oc3ccc(CCC(=O)C(F)(F)F)cc3)cc2)C(=O)N1. The highest BCUT2D eigenvalue weighted by molar-refractivity contribution is 6.13. The number of nitrogens with zero attached hydrogens (tertiary/aromatic N) is 1. The van der Waals surface area contributed by atoms with Gasteiger partial charge in [-0.1, -0.05) is 24.3 Å². The van der Waals surface area contributed by atoms with Gasteiger partial charge in [0, 0.05) is 6.42 Å². The van der Waals surface area contributed by atoms with Crippen LogP contribution >= 0.6 is 0 Å². The molecule has 3 rings (SSSR count). The quantitative estimate of drug-likeness (QED) is 0.727. The Balaban J connectivity index is 1.58. The number of hydrogen-bond acceptors (Lipinski definition) is 4. The monoisotopic (exact) mass is 402 g/mol. The van der Waals surface area contributed by atoms with Gasteiger partial charge in [-0.05, 0) is 54.8 Å². The first-order chi connectivity index (χ1) is 13.7. The van der Waals surface area contributed by atoms with Crippen molar-refractivity contribution in [2.24, 2.45) is 4.99 Å². The molecule has 29 heavy (non-hydrogen) atoms. The van der Waals surface area contributed by atoms with E-state index in [9.17, 15) is 22.8 Å². The molecule has 1 aliphatic heterocycles. The van der Waals surface area contributed by atoms with E-state index in [4.69, 9.17) is 4.74 Å². The molecule has 2 aromatic carbocycles. The van der Waals surface area contributed by atoms with Gasteiger partial charge in [0.2, 0.25) is 5.78 Å². The first-order valence-electron chi connectivity index (χ1n) is 8.76. The average molecular weight is 402 g/mol. The van der Waals surface area contributed by atoms with Crippen molar-refractivity contribution in [3.63, 3.8) is 0 Å². The van der Waals surface area contributed by atoms with Gasteiger partial charge in [0.1, 0.15) is 23.0 Å². The van der Waals surface area contributed by atoms with E-state index in [1.165, 1.54) is 0 Å². The summed E-state index contributed by atoms with van der Waals surface area (Å²) in [6.45, 7) is 1.70. The highest BCUT2D eigenvalue weighted by atomic mass is 19.4. The number of rotatable bonds is 6. The lowest BCUT2D eigenvalue weighted by atomic mass is 10.1. The van der Waals surface area contributed by atoms with E-state index in [2.05, 4.69) is 10.3 Å². The molecule has 0 saturated carbocycles. The number of alkyl halides is 3. The normalized spacial score (nSPS) is 15.2. The van der Waals surface area contributed by atoms with Crippen LogP contribution < -0.4 is 10.1 Å². The van der Waals surface area contributed by atoms with E-state index >= 15 is 0 Å². The molecule has 0 radical (unpaired) electrons. The fourth-order valence-electron chi connectivity index (χ4n) is 2.64. The number of aryl methyl sites for hydroxylation is 1. The number of carbonyl (C=O) groups excluding carboxylic acids is 2. The number of halogens is 3. The minimum Gasteiger partial charge on any atom is -0.457 e. The summed E-state index contributed by atoms with van der Waals surface area (Å²) in [7, 11) is 0. The predicted octanol–water partition coefficient (Wildman–Crippen LogP) is 4.43. The molecule has 0 aromatic heterocycles. The summed E-state index contributed by atoms with van der Waals surface area (Å²) in [5.74, 6) is -0.365. The smallest absolute Gasteiger partial charge is 0.449 e. The van der Waals surface area contributed by atoms with Crippen molar-refractivity contribution in [3.05, 3.63) is 65.4 Å². The third-order valence-electron chi connectivity index (χ3n) is 4.11. The molecule has 0 saturated heterocycles. The van der Waals surface area contributed by atoms with E-state index in [-0.39, 0.29) is 12.3 Å². The van der Waals surface area contributed by atoms with Gasteiger partial charge in [-0.25, -0.2) is 4.99 Å². The molecule has 1 aliphatic rings. The highest BCUT2D eigenvalue weighted by Gasteiger charge is 2.37.